The summed E-state index contributed by atoms with van der Waals surface area (Å²) in [5, 5.41) is 75.0. The average molecular weight is 1750 g/mol. The van der Waals surface area contributed by atoms with Crippen LogP contribution in [0.4, 0.5) is 34.8 Å². The number of nitro groups is 1. The standard InChI is InChI=1S/C21H14N4S.C20H16N4.C17H10Cl2N4S.C17H10N6S2.C17H11N5O2S/c1-22-20-18(15-9-4-7-13-6-2-3-8-14(13)15)16-12-23-25-21(16)24-19(20)17-10-5-11-26-17;1-13-8-6-7-11-15(13)17-16-12-22-24-20(16)23-18(19(17)21-2)14-9-4-3-5-10-14;1-20-16-13(9-4-2-5-11(18)14(9)19)10-8-21-23-17(10)22-15(16)12-6-3-7-24-12;1-18-16-13(9-4-2-5-11-14(9)23-25-22-11)10-8-19-21-17(10)20-15(16)12-6-3-7-24-12;1-18-16-14(10-5-2-3-6-12(10)22(23)24)11-9-19-21-17(11)20-15(16)13-7-4-8-25-13/h2-12,18H,(H2,23,24,25);3-12,17H,1H3,(H2,22,23,24);2-8,13H,(H2,21,22,23);2-8,13H,(H2,19,20,21);2-9,14H,(H2,19,20,21). The van der Waals surface area contributed by atoms with Crippen LogP contribution in [0.3, 0.4) is 0 Å². The van der Waals surface area contributed by atoms with Gasteiger partial charge < -0.3 is 26.6 Å². The lowest BCUT2D eigenvalue weighted by Gasteiger charge is -2.27. The van der Waals surface area contributed by atoms with Crippen molar-refractivity contribution in [2.45, 2.75) is 36.5 Å². The van der Waals surface area contributed by atoms with Crippen molar-refractivity contribution in [1.29, 1.82) is 0 Å². The molecule has 10 aromatic heterocycles. The molecular formula is C92H61Cl2N23O2S5. The number of hydrogen-bond donors (Lipinski definition) is 10. The van der Waals surface area contributed by atoms with E-state index < -0.39 is 10.8 Å². The van der Waals surface area contributed by atoms with Crippen LogP contribution in [0.5, 0.6) is 0 Å². The lowest BCUT2D eigenvalue weighted by molar-refractivity contribution is -0.385. The summed E-state index contributed by atoms with van der Waals surface area (Å²) >= 11 is 20.1. The zero-order chi connectivity index (χ0) is 84.9. The number of allylic oxidation sites excluding steroid dienone is 5. The van der Waals surface area contributed by atoms with Gasteiger partial charge in [0.25, 0.3) is 5.69 Å². The smallest absolute Gasteiger partial charge is 0.272 e. The number of fused-ring (bicyclic) bond motifs is 7. The summed E-state index contributed by atoms with van der Waals surface area (Å²) in [5.41, 5.74) is 20.0. The maximum Gasteiger partial charge on any atom is 0.272 e. The van der Waals surface area contributed by atoms with Crippen molar-refractivity contribution in [2.24, 2.45) is 0 Å². The van der Waals surface area contributed by atoms with E-state index in [0.717, 1.165) is 132 Å². The molecule has 17 aromatic rings. The number of nitrogens with zero attached hydrogens (tertiary/aromatic N) is 13. The molecule has 25 nitrogen and oxygen atoms in total. The van der Waals surface area contributed by atoms with Gasteiger partial charge in [-0.2, -0.15) is 34.2 Å². The molecule has 0 radical (unpaired) electrons. The molecule has 600 valence electrons. The van der Waals surface area contributed by atoms with Crippen LogP contribution in [-0.2, 0) is 0 Å². The molecule has 10 N–H and O–H groups in total. The SMILES string of the molecule is [C-]#[N+]C1=C(c2ccccc2)Nc2[nH]ncc2C1c1ccccc1C.[C-]#[N+]C1=C(c2cccs2)Nc2[nH]ncc2C1c1cccc(Cl)c1Cl.[C-]#[N+]C1=C(c2cccs2)Nc2[nH]ncc2C1c1cccc2ccccc12.[C-]#[N+]C1=C(c2cccs2)Nc2[nH]ncc2C1c1cccc2nsnc12.[C-]#[N+]C1=C(c2cccs2)Nc2[nH]ncc2C1c1ccccc1[N+](=O)[O-]. The Hall–Kier alpha value is -15.4. The van der Waals surface area contributed by atoms with Gasteiger partial charge in [0.15, 0.2) is 0 Å². The molecule has 0 aliphatic carbocycles. The van der Waals surface area contributed by atoms with Crippen LogP contribution in [0, 0.1) is 49.9 Å². The minimum atomic E-state index is -0.550. The highest BCUT2D eigenvalue weighted by Crippen LogP contribution is 2.53. The number of aryl methyl sites for hydroxylation is 1. The summed E-state index contributed by atoms with van der Waals surface area (Å²) < 4.78 is 8.80. The molecule has 0 saturated carbocycles. The first kappa shape index (κ1) is 79.7. The fraction of sp³-hybridized carbons (Fsp3) is 0.0652. The lowest BCUT2D eigenvalue weighted by atomic mass is 9.83. The third kappa shape index (κ3) is 15.0. The van der Waals surface area contributed by atoms with E-state index in [4.69, 9.17) is 56.1 Å². The van der Waals surface area contributed by atoms with Crippen molar-refractivity contribution >= 4 is 165 Å². The molecule has 0 saturated heterocycles. The third-order valence-electron chi connectivity index (χ3n) is 21.5. The number of benzene rings is 7. The summed E-state index contributed by atoms with van der Waals surface area (Å²) in [6.45, 7) is 41.1. The van der Waals surface area contributed by atoms with Crippen molar-refractivity contribution in [2.75, 3.05) is 26.6 Å². The number of thiophene rings is 4. The number of rotatable bonds is 11. The van der Waals surface area contributed by atoms with Crippen LogP contribution in [0.15, 0.2) is 287 Å². The molecule has 5 aliphatic heterocycles. The molecule has 7 aromatic carbocycles. The predicted molar refractivity (Wildman–Crippen MR) is 494 cm³/mol. The van der Waals surface area contributed by atoms with Crippen molar-refractivity contribution in [3.05, 3.63) is 451 Å². The highest BCUT2D eigenvalue weighted by molar-refractivity contribution is 7.12. The zero-order valence-electron chi connectivity index (χ0n) is 64.6. The van der Waals surface area contributed by atoms with Crippen LogP contribution in [0.25, 0.3) is 74.5 Å². The number of H-pyrrole nitrogens is 5. The molecule has 5 aliphatic rings. The quantitative estimate of drug-likeness (QED) is 0.0327. The van der Waals surface area contributed by atoms with Crippen LogP contribution in [0.1, 0.15) is 116 Å². The molecule has 5 atom stereocenters. The second-order valence-electron chi connectivity index (χ2n) is 28.3. The maximum absolute atomic E-state index is 11.5. The molecule has 0 fully saturated rings. The van der Waals surface area contributed by atoms with Gasteiger partial charge in [-0.05, 0) is 109 Å². The van der Waals surface area contributed by atoms with Gasteiger partial charge in [-0.1, -0.05) is 187 Å². The van der Waals surface area contributed by atoms with E-state index in [1.54, 1.807) is 76.9 Å². The van der Waals surface area contributed by atoms with Gasteiger partial charge in [0.05, 0.1) is 143 Å². The highest BCUT2D eigenvalue weighted by Gasteiger charge is 2.40. The summed E-state index contributed by atoms with van der Waals surface area (Å²) in [6.07, 6.45) is 8.75. The number of nitrogens with one attached hydrogen (secondary N) is 10. The molecule has 15 heterocycles. The summed E-state index contributed by atoms with van der Waals surface area (Å²) in [6, 6.07) is 66.6. The van der Waals surface area contributed by atoms with Gasteiger partial charge >= 0.3 is 0 Å². The largest absolute Gasteiger partial charge is 0.349 e. The van der Waals surface area contributed by atoms with Gasteiger partial charge in [0.2, 0.25) is 28.5 Å². The van der Waals surface area contributed by atoms with E-state index in [1.807, 2.05) is 167 Å². The Kier molecular flexibility index (Phi) is 22.6. The molecule has 0 amide bonds. The average Bonchev–Trinajstić information content (AvgIpc) is 1.10. The minimum absolute atomic E-state index is 0.00627. The highest BCUT2D eigenvalue weighted by atomic mass is 35.5. The van der Waals surface area contributed by atoms with Crippen LogP contribution in [0.2, 0.25) is 10.0 Å². The van der Waals surface area contributed by atoms with Crippen molar-refractivity contribution in [3.63, 3.8) is 0 Å². The van der Waals surface area contributed by atoms with Crippen molar-refractivity contribution in [3.8, 4) is 0 Å². The van der Waals surface area contributed by atoms with E-state index in [-0.39, 0.29) is 29.4 Å². The molecule has 0 bridgehead atoms. The summed E-state index contributed by atoms with van der Waals surface area (Å²) in [7, 11) is 0. The fourth-order valence-corrected chi connectivity index (χ4v) is 19.9. The molecule has 32 heteroatoms. The maximum atomic E-state index is 11.5. The van der Waals surface area contributed by atoms with Crippen LogP contribution < -0.4 is 26.6 Å². The first-order valence-electron chi connectivity index (χ1n) is 38.2. The second-order valence-corrected chi connectivity index (χ2v) is 33.4. The Balaban J connectivity index is 0.000000106. The first-order chi connectivity index (χ1) is 60.9. The molecule has 22 rings (SSSR count). The van der Waals surface area contributed by atoms with Crippen LogP contribution >= 0.6 is 80.3 Å². The third-order valence-corrected chi connectivity index (χ3v) is 26.5. The minimum Gasteiger partial charge on any atom is -0.349 e. The number of anilines is 5. The van der Waals surface area contributed by atoms with Gasteiger partial charge in [-0.15, -0.1) is 45.3 Å². The Labute approximate surface area is 738 Å². The van der Waals surface area contributed by atoms with Crippen LogP contribution in [-0.4, -0.2) is 64.7 Å². The van der Waals surface area contributed by atoms with E-state index in [1.165, 1.54) is 45.5 Å². The number of hydrogen-bond acceptors (Lipinski definition) is 19. The van der Waals surface area contributed by atoms with Gasteiger partial charge in [-0.3, -0.25) is 35.6 Å². The number of aromatic amines is 5. The van der Waals surface area contributed by atoms with E-state index >= 15 is 0 Å². The Morgan fingerprint density at radius 2 is 0.726 bits per heavy atom. The monoisotopic (exact) mass is 1750 g/mol. The van der Waals surface area contributed by atoms with Crippen molar-refractivity contribution < 1.29 is 4.92 Å². The molecule has 124 heavy (non-hydrogen) atoms. The molecule has 5 unspecified atom stereocenters. The van der Waals surface area contributed by atoms with Gasteiger partial charge in [-0.25, -0.2) is 24.2 Å². The molecule has 0 spiro atoms. The van der Waals surface area contributed by atoms with E-state index in [0.29, 0.717) is 55.6 Å². The number of para-hydroxylation sites is 1. The van der Waals surface area contributed by atoms with E-state index in [9.17, 15) is 10.1 Å². The number of halogens is 2. The summed E-state index contributed by atoms with van der Waals surface area (Å²) in [4.78, 5) is 34.4. The normalized spacial score (nSPS) is 16.3. The van der Waals surface area contributed by atoms with Gasteiger partial charge in [0, 0.05) is 64.7 Å². The van der Waals surface area contributed by atoms with Crippen molar-refractivity contribution in [1.82, 2.24) is 59.7 Å². The first-order valence-corrected chi connectivity index (χ1v) is 43.2. The second kappa shape index (κ2) is 35.1. The topological polar surface area (TPSA) is 294 Å². The summed E-state index contributed by atoms with van der Waals surface area (Å²) in [5.74, 6) is 2.60. The number of aromatic nitrogens is 12. The number of nitro benzene ring substituents is 1. The predicted octanol–water partition coefficient (Wildman–Crippen LogP) is 24.2. The zero-order valence-corrected chi connectivity index (χ0v) is 70.2. The Morgan fingerprint density at radius 3 is 1.19 bits per heavy atom. The Bertz CT molecular complexity index is 7310. The molecular weight excluding hydrogens is 1690 g/mol. The fourth-order valence-electron chi connectivity index (χ4n) is 16.0. The lowest BCUT2D eigenvalue weighted by Crippen LogP contribution is -2.16. The van der Waals surface area contributed by atoms with Gasteiger partial charge in [0.1, 0.15) is 40.1 Å². The van der Waals surface area contributed by atoms with E-state index in [2.05, 4.69) is 160 Å². The Morgan fingerprint density at radius 1 is 0.363 bits per heavy atom.